The van der Waals surface area contributed by atoms with E-state index in [-0.39, 0.29) is 0 Å². The normalized spacial score (nSPS) is 14.8. The number of halogens is 1. The minimum atomic E-state index is 0.716. The molecule has 0 aliphatic heterocycles. The van der Waals surface area contributed by atoms with E-state index >= 15 is 0 Å². The van der Waals surface area contributed by atoms with Gasteiger partial charge in [-0.05, 0) is 48.9 Å². The van der Waals surface area contributed by atoms with Crippen molar-refractivity contribution in [2.45, 2.75) is 26.2 Å². The van der Waals surface area contributed by atoms with Crippen LogP contribution < -0.4 is 5.73 Å². The monoisotopic (exact) mass is 181 g/mol. The molecule has 0 saturated heterocycles. The van der Waals surface area contributed by atoms with Crippen molar-refractivity contribution in [3.63, 3.8) is 0 Å². The van der Waals surface area contributed by atoms with E-state index < -0.39 is 0 Å². The highest BCUT2D eigenvalue weighted by Crippen LogP contribution is 2.34. The molecule has 2 rings (SSSR count). The van der Waals surface area contributed by atoms with Crippen molar-refractivity contribution in [1.82, 2.24) is 0 Å². The number of anilines is 1. The lowest BCUT2D eigenvalue weighted by Crippen LogP contribution is -1.96. The van der Waals surface area contributed by atoms with Gasteiger partial charge in [0.05, 0.1) is 10.7 Å². The van der Waals surface area contributed by atoms with Gasteiger partial charge in [0.25, 0.3) is 0 Å². The zero-order valence-corrected chi connectivity index (χ0v) is 7.91. The summed E-state index contributed by atoms with van der Waals surface area (Å²) in [5.74, 6) is 0. The first-order valence-electron chi connectivity index (χ1n) is 4.26. The molecule has 0 heterocycles. The van der Waals surface area contributed by atoms with Gasteiger partial charge in [-0.1, -0.05) is 11.6 Å². The molecule has 64 valence electrons. The molecule has 0 aromatic heterocycles. The quantitative estimate of drug-likeness (QED) is 0.612. The molecule has 2 N–H and O–H groups in total. The lowest BCUT2D eigenvalue weighted by Gasteiger charge is -2.08. The summed E-state index contributed by atoms with van der Waals surface area (Å²) in [6.45, 7) is 2.11. The highest BCUT2D eigenvalue weighted by molar-refractivity contribution is 6.33. The Morgan fingerprint density at radius 1 is 1.33 bits per heavy atom. The molecule has 0 radical (unpaired) electrons. The summed E-state index contributed by atoms with van der Waals surface area (Å²) in [6, 6.07) is 1.97. The predicted molar refractivity (Wildman–Crippen MR) is 52.6 cm³/mol. The first kappa shape index (κ1) is 7.93. The fraction of sp³-hybridized carbons (Fsp3) is 0.400. The average Bonchev–Trinajstić information content (AvgIpc) is 2.48. The van der Waals surface area contributed by atoms with Gasteiger partial charge in [-0.25, -0.2) is 0 Å². The molecule has 0 amide bonds. The molecule has 1 nitrogen and oxygen atoms in total. The van der Waals surface area contributed by atoms with Crippen LogP contribution >= 0.6 is 11.6 Å². The van der Waals surface area contributed by atoms with Crippen LogP contribution in [0.4, 0.5) is 5.69 Å². The van der Waals surface area contributed by atoms with Crippen LogP contribution in [0.3, 0.4) is 0 Å². The Balaban J connectivity index is 2.69. The van der Waals surface area contributed by atoms with Gasteiger partial charge in [0, 0.05) is 0 Å². The van der Waals surface area contributed by atoms with E-state index in [4.69, 9.17) is 17.3 Å². The smallest absolute Gasteiger partial charge is 0.0641 e. The van der Waals surface area contributed by atoms with E-state index in [1.165, 1.54) is 29.5 Å². The molecule has 0 bridgehead atoms. The molecule has 1 aliphatic carbocycles. The SMILES string of the molecule is Cc1cc(Cl)c(N)c2c1CCC2. The highest BCUT2D eigenvalue weighted by Gasteiger charge is 2.17. The Kier molecular flexibility index (Phi) is 1.76. The topological polar surface area (TPSA) is 26.0 Å². The van der Waals surface area contributed by atoms with Crippen LogP contribution in [0.5, 0.6) is 0 Å². The molecule has 0 unspecified atom stereocenters. The Morgan fingerprint density at radius 2 is 2.00 bits per heavy atom. The van der Waals surface area contributed by atoms with Gasteiger partial charge in [-0.2, -0.15) is 0 Å². The van der Waals surface area contributed by atoms with Crippen LogP contribution in [0.15, 0.2) is 6.07 Å². The number of rotatable bonds is 0. The average molecular weight is 182 g/mol. The number of benzene rings is 1. The van der Waals surface area contributed by atoms with E-state index in [1.54, 1.807) is 0 Å². The number of nitrogen functional groups attached to an aromatic ring is 1. The van der Waals surface area contributed by atoms with Crippen molar-refractivity contribution >= 4 is 17.3 Å². The first-order valence-corrected chi connectivity index (χ1v) is 4.64. The van der Waals surface area contributed by atoms with Gasteiger partial charge < -0.3 is 5.73 Å². The predicted octanol–water partition coefficient (Wildman–Crippen LogP) is 2.72. The summed E-state index contributed by atoms with van der Waals surface area (Å²) >= 11 is 5.97. The minimum absolute atomic E-state index is 0.716. The van der Waals surface area contributed by atoms with E-state index in [1.807, 2.05) is 6.07 Å². The number of hydrogen-bond acceptors (Lipinski definition) is 1. The van der Waals surface area contributed by atoms with Crippen LogP contribution in [0.2, 0.25) is 5.02 Å². The fourth-order valence-corrected chi connectivity index (χ4v) is 2.25. The van der Waals surface area contributed by atoms with Crippen molar-refractivity contribution in [1.29, 1.82) is 0 Å². The van der Waals surface area contributed by atoms with Crippen molar-refractivity contribution < 1.29 is 0 Å². The number of aryl methyl sites for hydroxylation is 1. The van der Waals surface area contributed by atoms with Crippen molar-refractivity contribution in [2.75, 3.05) is 5.73 Å². The molecule has 1 aliphatic rings. The number of fused-ring (bicyclic) bond motifs is 1. The second kappa shape index (κ2) is 2.67. The van der Waals surface area contributed by atoms with Crippen LogP contribution in [0.25, 0.3) is 0 Å². The maximum absolute atomic E-state index is 5.97. The number of hydrogen-bond donors (Lipinski definition) is 1. The van der Waals surface area contributed by atoms with E-state index in [0.717, 1.165) is 12.1 Å². The molecule has 12 heavy (non-hydrogen) atoms. The Labute approximate surface area is 77.5 Å². The van der Waals surface area contributed by atoms with Crippen molar-refractivity contribution in [3.05, 3.63) is 27.8 Å². The molecule has 1 aromatic carbocycles. The van der Waals surface area contributed by atoms with E-state index in [2.05, 4.69) is 6.92 Å². The summed E-state index contributed by atoms with van der Waals surface area (Å²) in [4.78, 5) is 0. The summed E-state index contributed by atoms with van der Waals surface area (Å²) < 4.78 is 0. The van der Waals surface area contributed by atoms with Gasteiger partial charge in [0.1, 0.15) is 0 Å². The van der Waals surface area contributed by atoms with E-state index in [0.29, 0.717) is 5.02 Å². The van der Waals surface area contributed by atoms with Crippen LogP contribution in [0, 0.1) is 6.92 Å². The maximum atomic E-state index is 5.97. The van der Waals surface area contributed by atoms with Gasteiger partial charge in [-0.15, -0.1) is 0 Å². The van der Waals surface area contributed by atoms with Crippen LogP contribution in [-0.2, 0) is 12.8 Å². The molecule has 0 spiro atoms. The van der Waals surface area contributed by atoms with E-state index in [9.17, 15) is 0 Å². The molecule has 0 saturated carbocycles. The molecule has 2 heteroatoms. The summed E-state index contributed by atoms with van der Waals surface area (Å²) in [7, 11) is 0. The summed E-state index contributed by atoms with van der Waals surface area (Å²) in [5, 5.41) is 0.716. The van der Waals surface area contributed by atoms with Crippen molar-refractivity contribution in [3.8, 4) is 0 Å². The second-order valence-electron chi connectivity index (χ2n) is 3.40. The van der Waals surface area contributed by atoms with Gasteiger partial charge >= 0.3 is 0 Å². The van der Waals surface area contributed by atoms with Crippen LogP contribution in [-0.4, -0.2) is 0 Å². The molecule has 0 fully saturated rings. The van der Waals surface area contributed by atoms with Gasteiger partial charge in [0.2, 0.25) is 0 Å². The lowest BCUT2D eigenvalue weighted by molar-refractivity contribution is 0.910. The molecule has 1 aromatic rings. The second-order valence-corrected chi connectivity index (χ2v) is 3.81. The summed E-state index contributed by atoms with van der Waals surface area (Å²) in [6.07, 6.45) is 3.49. The van der Waals surface area contributed by atoms with Gasteiger partial charge in [0.15, 0.2) is 0 Å². The van der Waals surface area contributed by atoms with Gasteiger partial charge in [-0.3, -0.25) is 0 Å². The third-order valence-electron chi connectivity index (χ3n) is 2.62. The third-order valence-corrected chi connectivity index (χ3v) is 2.93. The minimum Gasteiger partial charge on any atom is -0.397 e. The fourth-order valence-electron chi connectivity index (χ4n) is 1.98. The molecular formula is C10H12ClN. The summed E-state index contributed by atoms with van der Waals surface area (Å²) in [5.41, 5.74) is 10.7. The highest BCUT2D eigenvalue weighted by atomic mass is 35.5. The first-order chi connectivity index (χ1) is 5.70. The number of nitrogens with two attached hydrogens (primary N) is 1. The lowest BCUT2D eigenvalue weighted by atomic mass is 10.0. The Morgan fingerprint density at radius 3 is 2.75 bits per heavy atom. The third kappa shape index (κ3) is 1.00. The largest absolute Gasteiger partial charge is 0.397 e. The van der Waals surface area contributed by atoms with Crippen LogP contribution in [0.1, 0.15) is 23.1 Å². The molecular weight excluding hydrogens is 170 g/mol. The standard InChI is InChI=1S/C10H12ClN/c1-6-5-9(11)10(12)8-4-2-3-7(6)8/h5H,2-4,12H2,1H3. The zero-order chi connectivity index (χ0) is 8.72. The Bertz CT molecular complexity index is 331. The maximum Gasteiger partial charge on any atom is 0.0641 e. The zero-order valence-electron chi connectivity index (χ0n) is 7.15. The Hall–Kier alpha value is -0.690. The molecule has 0 atom stereocenters. The van der Waals surface area contributed by atoms with Crippen molar-refractivity contribution in [2.24, 2.45) is 0 Å².